The second kappa shape index (κ2) is 13.0. The van der Waals surface area contributed by atoms with Crippen LogP contribution in [0.25, 0.3) is 0 Å². The van der Waals surface area contributed by atoms with E-state index in [4.69, 9.17) is 29.2 Å². The van der Waals surface area contributed by atoms with Crippen molar-refractivity contribution in [1.29, 1.82) is 0 Å². The minimum atomic E-state index is -1.31. The van der Waals surface area contributed by atoms with E-state index in [0.29, 0.717) is 21.8 Å². The maximum absolute atomic E-state index is 13.9. The maximum Gasteiger partial charge on any atom is 0.408 e. The molecule has 0 saturated carbocycles. The second-order valence-corrected chi connectivity index (χ2v) is 10.6. The molecule has 0 aliphatic heterocycles. The lowest BCUT2D eigenvalue weighted by atomic mass is 9.96. The summed E-state index contributed by atoms with van der Waals surface area (Å²) in [5.41, 5.74) is 1.07. The van der Waals surface area contributed by atoms with Crippen LogP contribution in [0.15, 0.2) is 42.5 Å². The number of alkyl carbamates (subject to hydrolysis) is 1. The van der Waals surface area contributed by atoms with E-state index in [1.807, 2.05) is 13.8 Å². The Morgan fingerprint density at radius 2 is 1.74 bits per heavy atom. The van der Waals surface area contributed by atoms with Gasteiger partial charge in [-0.15, -0.1) is 6.42 Å². The van der Waals surface area contributed by atoms with Crippen LogP contribution in [0, 0.1) is 37.7 Å². The number of benzene rings is 2. The van der Waals surface area contributed by atoms with Crippen molar-refractivity contribution in [2.24, 2.45) is 5.92 Å². The summed E-state index contributed by atoms with van der Waals surface area (Å²) in [6.07, 6.45) is 11.1. The van der Waals surface area contributed by atoms with Crippen LogP contribution >= 0.6 is 11.6 Å². The summed E-state index contributed by atoms with van der Waals surface area (Å²) < 4.78 is 5.35. The second-order valence-electron chi connectivity index (χ2n) is 10.2. The Labute approximate surface area is 230 Å². The fraction of sp³-hybridized carbons (Fsp3) is 0.367. The summed E-state index contributed by atoms with van der Waals surface area (Å²) in [6, 6.07) is 11.9. The molecule has 8 heteroatoms. The zero-order valence-corrected chi connectivity index (χ0v) is 23.3. The highest BCUT2D eigenvalue weighted by atomic mass is 35.5. The molecule has 0 radical (unpaired) electrons. The number of nitrogens with zero attached hydrogens (tertiary/aromatic N) is 1. The van der Waals surface area contributed by atoms with Crippen LogP contribution in [0.3, 0.4) is 0 Å². The molecular weight excluding hydrogens is 502 g/mol. The minimum Gasteiger partial charge on any atom is -0.444 e. The molecule has 2 atom stereocenters. The van der Waals surface area contributed by atoms with Crippen molar-refractivity contribution < 1.29 is 19.1 Å². The Morgan fingerprint density at radius 3 is 2.29 bits per heavy atom. The molecule has 0 aliphatic carbocycles. The number of carbonyl (C=O) groups is 3. The number of para-hydroxylation sites is 1. The van der Waals surface area contributed by atoms with Crippen LogP contribution in [0.2, 0.25) is 5.02 Å². The lowest BCUT2D eigenvalue weighted by molar-refractivity contribution is -0.137. The average Bonchev–Trinajstić information content (AvgIpc) is 2.82. The van der Waals surface area contributed by atoms with E-state index in [9.17, 15) is 14.4 Å². The van der Waals surface area contributed by atoms with E-state index < -0.39 is 35.6 Å². The van der Waals surface area contributed by atoms with E-state index in [-0.39, 0.29) is 12.3 Å². The summed E-state index contributed by atoms with van der Waals surface area (Å²) in [5.74, 6) is 1.29. The van der Waals surface area contributed by atoms with E-state index >= 15 is 0 Å². The normalized spacial score (nSPS) is 12.5. The summed E-state index contributed by atoms with van der Waals surface area (Å²) in [5, 5.41) is 5.75. The monoisotopic (exact) mass is 535 g/mol. The number of ether oxygens (including phenoxy) is 1. The zero-order valence-electron chi connectivity index (χ0n) is 22.6. The first kappa shape index (κ1) is 30.3. The molecule has 0 saturated heterocycles. The van der Waals surface area contributed by atoms with Gasteiger partial charge in [-0.2, -0.15) is 0 Å². The third-order valence-corrected chi connectivity index (χ3v) is 5.78. The van der Waals surface area contributed by atoms with Crippen LogP contribution in [-0.2, 0) is 14.3 Å². The van der Waals surface area contributed by atoms with Gasteiger partial charge in [-0.1, -0.05) is 68.1 Å². The van der Waals surface area contributed by atoms with Gasteiger partial charge in [-0.25, -0.2) is 4.79 Å². The van der Waals surface area contributed by atoms with Gasteiger partial charge in [0.1, 0.15) is 11.6 Å². The molecule has 0 aromatic heterocycles. The third kappa shape index (κ3) is 8.03. The molecule has 2 N–H and O–H groups in total. The Morgan fingerprint density at radius 1 is 1.08 bits per heavy atom. The highest BCUT2D eigenvalue weighted by Gasteiger charge is 2.37. The fourth-order valence-corrected chi connectivity index (χ4v) is 4.09. The molecule has 0 fully saturated rings. The molecule has 200 valence electrons. The van der Waals surface area contributed by atoms with Crippen LogP contribution in [0.5, 0.6) is 0 Å². The first-order chi connectivity index (χ1) is 17.8. The fourth-order valence-electron chi connectivity index (χ4n) is 3.82. The molecule has 0 bridgehead atoms. The van der Waals surface area contributed by atoms with Crippen LogP contribution in [-0.4, -0.2) is 34.5 Å². The van der Waals surface area contributed by atoms with Crippen LogP contribution in [0.1, 0.15) is 63.8 Å². The molecule has 2 unspecified atom stereocenters. The molecule has 0 aliphatic rings. The Bertz CT molecular complexity index is 1250. The molecule has 2 rings (SSSR count). The van der Waals surface area contributed by atoms with Gasteiger partial charge in [0.2, 0.25) is 0 Å². The van der Waals surface area contributed by atoms with Gasteiger partial charge in [-0.3, -0.25) is 14.5 Å². The Kier molecular flexibility index (Phi) is 10.4. The van der Waals surface area contributed by atoms with Gasteiger partial charge in [0, 0.05) is 17.2 Å². The molecule has 2 aromatic carbocycles. The number of anilines is 1. The van der Waals surface area contributed by atoms with E-state index in [1.54, 1.807) is 70.2 Å². The number of rotatable bonds is 8. The molecular formula is C30H34ClN3O4. The largest absolute Gasteiger partial charge is 0.444 e. The van der Waals surface area contributed by atoms with E-state index in [0.717, 1.165) is 10.5 Å². The van der Waals surface area contributed by atoms with E-state index in [2.05, 4.69) is 22.6 Å². The van der Waals surface area contributed by atoms with Crippen LogP contribution in [0.4, 0.5) is 10.5 Å². The summed E-state index contributed by atoms with van der Waals surface area (Å²) in [4.78, 5) is 41.2. The quantitative estimate of drug-likeness (QED) is 0.337. The van der Waals surface area contributed by atoms with Gasteiger partial charge in [0.05, 0.1) is 10.7 Å². The number of halogens is 1. The lowest BCUT2D eigenvalue weighted by Crippen LogP contribution is -2.51. The number of nitrogens with one attached hydrogen (secondary N) is 2. The molecule has 38 heavy (non-hydrogen) atoms. The molecule has 7 nitrogen and oxygen atoms in total. The van der Waals surface area contributed by atoms with Crippen molar-refractivity contribution in [3.63, 3.8) is 0 Å². The number of terminal acetylenes is 2. The number of hydrogen-bond donors (Lipinski definition) is 2. The van der Waals surface area contributed by atoms with Gasteiger partial charge in [-0.05, 0) is 57.7 Å². The standard InChI is InChI=1S/C30H34ClN3O4/c1-9-21-15-11-12-16-22(21)26(27(35)33-25-20(5)14-13-17-23(25)31)34(10-2)28(36)24(18-19(3)4)32-29(37)38-30(6,7)8/h1-2,11-17,19,24,26H,18H2,3-8H3,(H,32,37)(H,33,35). The molecule has 3 amide bonds. The topological polar surface area (TPSA) is 87.7 Å². The number of carbonyl (C=O) groups excluding carboxylic acids is 3. The predicted molar refractivity (Wildman–Crippen MR) is 150 cm³/mol. The first-order valence-electron chi connectivity index (χ1n) is 12.2. The number of aryl methyl sites for hydroxylation is 1. The first-order valence-corrected chi connectivity index (χ1v) is 12.6. The third-order valence-electron chi connectivity index (χ3n) is 5.46. The maximum atomic E-state index is 13.9. The number of amides is 3. The van der Waals surface area contributed by atoms with Gasteiger partial charge < -0.3 is 15.4 Å². The average molecular weight is 536 g/mol. The zero-order chi connectivity index (χ0) is 28.6. The van der Waals surface area contributed by atoms with Crippen molar-refractivity contribution in [3.05, 3.63) is 64.2 Å². The van der Waals surface area contributed by atoms with Crippen LogP contribution < -0.4 is 10.6 Å². The molecule has 0 heterocycles. The van der Waals surface area contributed by atoms with Crippen molar-refractivity contribution >= 4 is 35.2 Å². The Hall–Kier alpha value is -3.94. The highest BCUT2D eigenvalue weighted by molar-refractivity contribution is 6.34. The van der Waals surface area contributed by atoms with Crippen molar-refractivity contribution in [2.75, 3.05) is 5.32 Å². The van der Waals surface area contributed by atoms with E-state index in [1.165, 1.54) is 0 Å². The minimum absolute atomic E-state index is 0.00885. The Balaban J connectivity index is 2.57. The summed E-state index contributed by atoms with van der Waals surface area (Å²) in [6.45, 7) is 10.7. The van der Waals surface area contributed by atoms with Gasteiger partial charge >= 0.3 is 6.09 Å². The smallest absolute Gasteiger partial charge is 0.408 e. The number of hydrogen-bond acceptors (Lipinski definition) is 4. The lowest BCUT2D eigenvalue weighted by Gasteiger charge is -2.31. The highest BCUT2D eigenvalue weighted by Crippen LogP contribution is 2.30. The summed E-state index contributed by atoms with van der Waals surface area (Å²) in [7, 11) is 0. The van der Waals surface area contributed by atoms with Gasteiger partial charge in [0.25, 0.3) is 11.8 Å². The summed E-state index contributed by atoms with van der Waals surface area (Å²) >= 11 is 6.35. The van der Waals surface area contributed by atoms with Crippen molar-refractivity contribution in [3.8, 4) is 24.8 Å². The molecule has 0 spiro atoms. The van der Waals surface area contributed by atoms with Crippen molar-refractivity contribution in [1.82, 2.24) is 10.2 Å². The predicted octanol–water partition coefficient (Wildman–Crippen LogP) is 5.67. The SMILES string of the molecule is C#Cc1ccccc1C(C(=O)Nc1c(C)cccc1Cl)N(C#C)C(=O)C(CC(C)C)NC(=O)OC(C)(C)C. The van der Waals surface area contributed by atoms with Gasteiger partial charge in [0.15, 0.2) is 6.04 Å². The van der Waals surface area contributed by atoms with Crippen molar-refractivity contribution in [2.45, 2.75) is 65.6 Å². The molecule has 2 aromatic rings.